The Kier molecular flexibility index (Phi) is 16.9. The van der Waals surface area contributed by atoms with Gasteiger partial charge in [-0.05, 0) is 10.6 Å². The summed E-state index contributed by atoms with van der Waals surface area (Å²) >= 11 is 2.17. The number of nitrogens with one attached hydrogen (secondary N) is 2. The number of anilines is 1. The molecule has 7 N–H and O–H groups in total. The van der Waals surface area contributed by atoms with Crippen LogP contribution in [-0.2, 0) is 59.2 Å². The van der Waals surface area contributed by atoms with Gasteiger partial charge in [0.2, 0.25) is 0 Å². The molecule has 36 heteroatoms. The Balaban J connectivity index is 0.939. The van der Waals surface area contributed by atoms with Crippen LogP contribution in [0.1, 0.15) is 30.7 Å². The molecule has 0 radical (unpaired) electrons. The molecule has 0 spiro atoms. The summed E-state index contributed by atoms with van der Waals surface area (Å²) in [6, 6.07) is 9.54. The summed E-state index contributed by atoms with van der Waals surface area (Å²) in [5.74, 6) is 0.311. The molecule has 3 fully saturated rings. The number of hydrogen-bond acceptors (Lipinski definition) is 23. The van der Waals surface area contributed by atoms with Gasteiger partial charge in [0.25, 0.3) is 5.56 Å². The molecular formula is C32H39F3N7O20P4S2+. The zero-order valence-electron chi connectivity index (χ0n) is 34.4. The van der Waals surface area contributed by atoms with Gasteiger partial charge < -0.3 is 44.3 Å². The monoisotopic (exact) mass is 1090 g/mol. The van der Waals surface area contributed by atoms with E-state index in [2.05, 4.69) is 42.7 Å². The average Bonchev–Trinajstić information content (AvgIpc) is 4.01. The summed E-state index contributed by atoms with van der Waals surface area (Å²) in [4.78, 5) is 69.5. The molecule has 27 nitrogen and oxygen atoms in total. The van der Waals surface area contributed by atoms with Gasteiger partial charge in [0.05, 0.1) is 19.4 Å². The molecule has 0 bridgehead atoms. The highest BCUT2D eigenvalue weighted by atomic mass is 32.2. The fourth-order valence-electron chi connectivity index (χ4n) is 6.71. The van der Waals surface area contributed by atoms with Crippen molar-refractivity contribution in [1.82, 2.24) is 29.1 Å². The maximum atomic E-state index is 12.9. The van der Waals surface area contributed by atoms with Crippen molar-refractivity contribution in [2.75, 3.05) is 42.8 Å². The number of aliphatic hydroxyl groups is 2. The summed E-state index contributed by atoms with van der Waals surface area (Å²) in [7, 11) is -21.7. The lowest BCUT2D eigenvalue weighted by Gasteiger charge is -2.20. The summed E-state index contributed by atoms with van der Waals surface area (Å²) in [6.45, 7) is -1.56. The number of phosphoric ester groups is 1. The quantitative estimate of drug-likeness (QED) is 0.0257. The number of nitrogens with zero attached hydrogens (tertiary/aromatic N) is 5. The van der Waals surface area contributed by atoms with E-state index in [-0.39, 0.29) is 22.1 Å². The van der Waals surface area contributed by atoms with E-state index in [9.17, 15) is 65.9 Å². The molecule has 3 saturated heterocycles. The Bertz CT molecular complexity index is 2710. The number of aromatic amines is 1. The molecule has 4 aromatic rings. The number of ether oxygens (including phenoxy) is 4. The zero-order chi connectivity index (χ0) is 49.2. The Morgan fingerprint density at radius 3 is 2.29 bits per heavy atom. The minimum atomic E-state index is -6.17. The zero-order valence-corrected chi connectivity index (χ0v) is 39.6. The lowest BCUT2D eigenvalue weighted by atomic mass is 10.1. The largest absolute Gasteiger partial charge is 0.708 e. The van der Waals surface area contributed by atoms with Crippen LogP contribution >= 0.6 is 55.2 Å². The molecule has 3 aliphatic heterocycles. The number of hydrogen-bond donors (Lipinski definition) is 7. The topological polar surface area (TPSA) is 363 Å². The standard InChI is InChI=1S/C32H38F3N7O20P4S2/c1-67-12-9-36-25-20-26(40-30(39-25)68-11-8-32(33,34)35)42(15-37-20)27-22(45)21(44)17(56-27)14-55-64(48,49)61-66(52,53)62-65(50,51)60-63(47)54-13-18-23-24(59-29(58-23)16-5-3-2-4-6-16)28(57-18)41-10-7-19(43)38-31(41)46/h2-7,10,15,17-18,21-24,27-29,44-45H,8-9,11-14H2,1H3,(H4-,36,38,39,40,43,46,48,49,50,51,52,53)/p+1/t17-,18-,21-,22-,23-,24-,27-,28-,29?/m1/s1. The van der Waals surface area contributed by atoms with Crippen molar-refractivity contribution in [2.45, 2.75) is 73.1 Å². The first kappa shape index (κ1) is 52.8. The van der Waals surface area contributed by atoms with Crippen LogP contribution in [0.5, 0.6) is 0 Å². The number of aromatic nitrogens is 6. The van der Waals surface area contributed by atoms with Crippen molar-refractivity contribution >= 4 is 72.2 Å². The lowest BCUT2D eigenvalue weighted by molar-refractivity contribution is -0.153. The maximum absolute atomic E-state index is 12.9. The fraction of sp³-hybridized carbons (Fsp3) is 0.531. The predicted octanol–water partition coefficient (Wildman–Crippen LogP) is 3.24. The maximum Gasteiger partial charge on any atom is 0.708 e. The van der Waals surface area contributed by atoms with E-state index in [1.165, 1.54) is 11.8 Å². The third-order valence-electron chi connectivity index (χ3n) is 9.60. The van der Waals surface area contributed by atoms with E-state index in [1.54, 1.807) is 30.3 Å². The molecular weight excluding hydrogens is 1050 g/mol. The van der Waals surface area contributed by atoms with Crippen LogP contribution in [0.2, 0.25) is 0 Å². The highest BCUT2D eigenvalue weighted by molar-refractivity contribution is 7.99. The van der Waals surface area contributed by atoms with Gasteiger partial charge in [0.1, 0.15) is 43.2 Å². The van der Waals surface area contributed by atoms with E-state index < -0.39 is 130 Å². The minimum Gasteiger partial charge on any atom is -0.387 e. The lowest BCUT2D eigenvalue weighted by Crippen LogP contribution is -2.36. The van der Waals surface area contributed by atoms with Gasteiger partial charge in [-0.15, -0.1) is 4.52 Å². The van der Waals surface area contributed by atoms with Crippen LogP contribution < -0.4 is 16.6 Å². The van der Waals surface area contributed by atoms with E-state index in [4.69, 9.17) is 23.5 Å². The summed E-state index contributed by atoms with van der Waals surface area (Å²) in [6.07, 6.45) is -14.1. The van der Waals surface area contributed by atoms with Gasteiger partial charge in [0.15, 0.2) is 40.9 Å². The normalized spacial score (nSPS) is 28.0. The molecule has 0 amide bonds. The Morgan fingerprint density at radius 2 is 1.59 bits per heavy atom. The molecule has 1 aromatic carbocycles. The van der Waals surface area contributed by atoms with Crippen molar-refractivity contribution in [3.8, 4) is 0 Å². The van der Waals surface area contributed by atoms with Gasteiger partial charge in [-0.3, -0.25) is 28.3 Å². The predicted molar refractivity (Wildman–Crippen MR) is 226 cm³/mol. The van der Waals surface area contributed by atoms with Crippen LogP contribution in [0, 0.1) is 0 Å². The first-order chi connectivity index (χ1) is 32.0. The minimum absolute atomic E-state index is 0.0551. The molecule has 0 aliphatic carbocycles. The van der Waals surface area contributed by atoms with Crippen LogP contribution in [0.15, 0.2) is 63.7 Å². The molecule has 6 heterocycles. The average molecular weight is 1090 g/mol. The molecule has 3 aromatic heterocycles. The van der Waals surface area contributed by atoms with Crippen LogP contribution in [0.4, 0.5) is 19.0 Å². The van der Waals surface area contributed by atoms with Crippen molar-refractivity contribution in [1.29, 1.82) is 0 Å². The first-order valence-corrected chi connectivity index (χ1v) is 27.3. The second-order valence-corrected chi connectivity index (χ2v) is 22.1. The van der Waals surface area contributed by atoms with Gasteiger partial charge in [-0.1, -0.05) is 42.1 Å². The van der Waals surface area contributed by atoms with Gasteiger partial charge >= 0.3 is 43.6 Å². The SMILES string of the molecule is CSCCNc1nc(SCCC(F)(F)F)nc2c1ncn2[C@@H]1O[C@H](COP(=O)(O)OP(=O)(O)OP(=O)(O)O[P+](=O)OC[C@H]2O[C@@H](n3ccc(=O)[nH]c3=O)[C@@H]3OC(c4ccccc4)O[C@@H]32)[C@@H](O)[C@H]1O. The fourth-order valence-corrected chi connectivity index (χ4v) is 12.4. The van der Waals surface area contributed by atoms with Crippen molar-refractivity contribution in [3.63, 3.8) is 0 Å². The van der Waals surface area contributed by atoms with Crippen LogP contribution in [0.3, 0.4) is 0 Å². The van der Waals surface area contributed by atoms with Crippen LogP contribution in [-0.4, -0.2) is 134 Å². The number of benzene rings is 1. The summed E-state index contributed by atoms with van der Waals surface area (Å²) in [5, 5.41) is 24.6. The van der Waals surface area contributed by atoms with E-state index in [1.807, 2.05) is 6.26 Å². The smallest absolute Gasteiger partial charge is 0.387 e. The molecule has 0 saturated carbocycles. The molecule has 13 atom stereocenters. The van der Waals surface area contributed by atoms with Crippen molar-refractivity contribution < 1.29 is 97.3 Å². The number of imidazole rings is 1. The molecule has 5 unspecified atom stereocenters. The van der Waals surface area contributed by atoms with E-state index in [0.717, 1.165) is 27.7 Å². The summed E-state index contributed by atoms with van der Waals surface area (Å²) in [5.41, 5.74) is -0.978. The number of alkyl halides is 3. The molecule has 374 valence electrons. The van der Waals surface area contributed by atoms with Crippen molar-refractivity contribution in [3.05, 3.63) is 75.3 Å². The third kappa shape index (κ3) is 13.3. The number of H-pyrrole nitrogens is 1. The summed E-state index contributed by atoms with van der Waals surface area (Å²) < 4.78 is 137. The van der Waals surface area contributed by atoms with Gasteiger partial charge in [-0.2, -0.15) is 33.6 Å². The van der Waals surface area contributed by atoms with Gasteiger partial charge in [-0.25, -0.2) is 33.4 Å². The molecule has 7 rings (SSSR count). The van der Waals surface area contributed by atoms with Crippen LogP contribution in [0.25, 0.3) is 11.2 Å². The van der Waals surface area contributed by atoms with E-state index >= 15 is 0 Å². The van der Waals surface area contributed by atoms with E-state index in [0.29, 0.717) is 29.6 Å². The Labute approximate surface area is 388 Å². The number of thioether (sulfide) groups is 2. The first-order valence-electron chi connectivity index (χ1n) is 19.4. The van der Waals surface area contributed by atoms with Gasteiger partial charge in [0, 0.05) is 40.4 Å². The second kappa shape index (κ2) is 21.8. The molecule has 3 aliphatic rings. The number of aliphatic hydroxyl groups excluding tert-OH is 2. The van der Waals surface area contributed by atoms with Crippen molar-refractivity contribution in [2.24, 2.45) is 0 Å². The highest BCUT2D eigenvalue weighted by Gasteiger charge is 2.56. The number of fused-ring (bicyclic) bond motifs is 2. The second-order valence-electron chi connectivity index (χ2n) is 14.4. The Morgan fingerprint density at radius 1 is 0.882 bits per heavy atom. The Hall–Kier alpha value is -3.03. The molecule has 68 heavy (non-hydrogen) atoms. The number of halogens is 3. The number of phosphoric acid groups is 3. The number of rotatable bonds is 22. The highest BCUT2D eigenvalue weighted by Crippen LogP contribution is 2.69. The third-order valence-corrected chi connectivity index (χ3v) is 16.6.